The molecule has 2 unspecified atom stereocenters. The number of ether oxygens (including phenoxy) is 10. The van der Waals surface area contributed by atoms with Crippen molar-refractivity contribution in [2.24, 2.45) is 101 Å². The van der Waals surface area contributed by atoms with Gasteiger partial charge in [-0.15, -0.1) is 0 Å². The molecule has 117 heavy (non-hydrogen) atoms. The van der Waals surface area contributed by atoms with Crippen molar-refractivity contribution in [1.82, 2.24) is 9.74 Å². The molecule has 12 saturated carbocycles. The normalized spacial score (nSPS) is 41.2. The summed E-state index contributed by atoms with van der Waals surface area (Å²) in [7, 11) is 7.51. The summed E-state index contributed by atoms with van der Waals surface area (Å²) in [6, 6.07) is 1.35. The zero-order valence-corrected chi connectivity index (χ0v) is 77.1. The summed E-state index contributed by atoms with van der Waals surface area (Å²) in [4.78, 5) is 96.1. The van der Waals surface area contributed by atoms with Crippen LogP contribution in [0.2, 0.25) is 0 Å². The number of morpholine rings is 1. The van der Waals surface area contributed by atoms with Gasteiger partial charge in [0.1, 0.15) is 12.2 Å². The maximum absolute atomic E-state index is 15.0. The molecule has 0 aromatic heterocycles. The first-order valence-corrected chi connectivity index (χ1v) is 43.7. The molecular weight excluding hydrogens is 1530 g/mol. The topological polar surface area (TPSA) is 295 Å². The number of carbonyl (C=O) groups excluding carboxylic acids is 7. The number of rotatable bonds is 16. The van der Waals surface area contributed by atoms with Crippen molar-refractivity contribution in [3.8, 4) is 0 Å². The Morgan fingerprint density at radius 1 is 0.590 bits per heavy atom. The Kier molecular flexibility index (Phi) is 33.4. The van der Waals surface area contributed by atoms with Crippen LogP contribution in [-0.4, -0.2) is 190 Å². The SMILES string of the molecule is C.C.CC.CC(=O)OOC(C)=O.CC(=O)O[C@@H]([C@H]1C[C@@H](C)[C@H]2[C@H](O1)C(=O)[C@@]1(C)[C@@H]3CC[C@H]4C(C)(C)[C@@H](O[C@H]5CN(C6CCC6)CCO5)CC[C@@]45CC35CC[C@]21C)C(C)(C)O.COCO[C@H](OC)O[C@H]1CC[C@]23CC24CC[C@]2(C)[C@H]5[C@H](C)C[C@H]([C@H](OC(C)=O)C(C)(C)O)O[C@@H]5C(=O)[C@@]2(C)[C@@H]4CC[C@H]3C1(C)C.ClNC1CCC1.[B-]OC(C)=O.[Na+]. The Hall–Kier alpha value is -2.44. The Bertz CT molecular complexity index is 3410. The predicted molar refractivity (Wildman–Crippen MR) is 439 cm³/mol. The van der Waals surface area contributed by atoms with Gasteiger partial charge in [0.05, 0.1) is 42.2 Å². The van der Waals surface area contributed by atoms with Gasteiger partial charge in [0.15, 0.2) is 36.9 Å². The number of nitrogens with one attached hydrogen (secondary N) is 1. The number of nitrogens with zero attached hydrogens (tertiary/aromatic N) is 1. The van der Waals surface area contributed by atoms with Crippen LogP contribution in [0.3, 0.4) is 0 Å². The minimum Gasteiger partial charge on any atom is -0.793 e. The van der Waals surface area contributed by atoms with Crippen LogP contribution in [0, 0.1) is 101 Å². The fraction of sp³-hybridized carbons (Fsp3) is 0.922. The molecule has 0 amide bonds. The van der Waals surface area contributed by atoms with Crippen molar-refractivity contribution in [1.29, 1.82) is 0 Å². The second kappa shape index (κ2) is 38.4. The van der Waals surface area contributed by atoms with E-state index in [0.29, 0.717) is 48.0 Å². The maximum atomic E-state index is 15.0. The van der Waals surface area contributed by atoms with Gasteiger partial charge in [0, 0.05) is 96.7 Å². The van der Waals surface area contributed by atoms with Gasteiger partial charge in [-0.2, -0.15) is 0 Å². The van der Waals surface area contributed by atoms with Gasteiger partial charge < -0.3 is 70.3 Å². The molecule has 3 heterocycles. The number of hydrogen-bond donors (Lipinski definition) is 3. The van der Waals surface area contributed by atoms with E-state index in [1.807, 2.05) is 13.8 Å². The molecule has 12 aliphatic carbocycles. The van der Waals surface area contributed by atoms with Crippen molar-refractivity contribution >= 4 is 61.2 Å². The van der Waals surface area contributed by atoms with E-state index in [0.717, 1.165) is 104 Å². The van der Waals surface area contributed by atoms with E-state index >= 15 is 4.79 Å². The number of esters is 2. The molecule has 0 aromatic rings. The molecule has 26 atom stereocenters. The molecule has 3 aliphatic heterocycles. The van der Waals surface area contributed by atoms with E-state index in [9.17, 15) is 39.0 Å². The molecule has 665 valence electrons. The van der Waals surface area contributed by atoms with Crippen LogP contribution in [0.5, 0.6) is 0 Å². The number of carbonyl (C=O) groups is 7. The second-order valence-corrected chi connectivity index (χ2v) is 40.5. The zero-order valence-electron chi connectivity index (χ0n) is 74.4. The first-order valence-electron chi connectivity index (χ1n) is 43.3. The van der Waals surface area contributed by atoms with Crippen LogP contribution in [0.1, 0.15) is 302 Å². The quantitative estimate of drug-likeness (QED) is 0.0323. The summed E-state index contributed by atoms with van der Waals surface area (Å²) in [6.45, 7) is 42.5. The van der Waals surface area contributed by atoms with Gasteiger partial charge in [0.25, 0.3) is 6.48 Å². The molecule has 4 spiro atoms. The number of fused-ring (bicyclic) bond motifs is 8. The molecule has 15 aliphatic rings. The van der Waals surface area contributed by atoms with Crippen LogP contribution in [-0.2, 0) is 95.4 Å². The Balaban J connectivity index is 0.000000254. The first kappa shape index (κ1) is 102. The smallest absolute Gasteiger partial charge is 0.793 e. The average Bonchev–Trinajstić information content (AvgIpc) is 1.46. The average molecular weight is 1680 g/mol. The van der Waals surface area contributed by atoms with Gasteiger partial charge in [-0.3, -0.25) is 28.9 Å². The molecule has 3 N–H and O–H groups in total. The Morgan fingerprint density at radius 2 is 0.991 bits per heavy atom. The van der Waals surface area contributed by atoms with Gasteiger partial charge in [-0.25, -0.2) is 24.2 Å². The number of Topliss-reactive ketones (excluding diaryl/α,β-unsaturated/α-hetero) is 2. The van der Waals surface area contributed by atoms with Crippen molar-refractivity contribution in [3.63, 3.8) is 0 Å². The number of aliphatic hydroxyl groups is 2. The molecule has 0 aromatic carbocycles. The molecule has 27 heteroatoms. The van der Waals surface area contributed by atoms with Gasteiger partial charge in [-0.05, 0) is 247 Å². The molecule has 0 bridgehead atoms. The fourth-order valence-corrected chi connectivity index (χ4v) is 27.9. The molecule has 15 rings (SSSR count). The van der Waals surface area contributed by atoms with E-state index < -0.39 is 95.0 Å². The van der Waals surface area contributed by atoms with Crippen molar-refractivity contribution in [2.45, 2.75) is 386 Å². The number of methoxy groups -OCH3 is 2. The summed E-state index contributed by atoms with van der Waals surface area (Å²) in [5, 5.41) is 22.0. The van der Waals surface area contributed by atoms with Gasteiger partial charge in [-0.1, -0.05) is 111 Å². The summed E-state index contributed by atoms with van der Waals surface area (Å²) in [6.07, 6.45) is 21.1. The molecule has 15 fully saturated rings. The van der Waals surface area contributed by atoms with E-state index in [1.165, 1.54) is 85.0 Å². The number of halogens is 1. The summed E-state index contributed by atoms with van der Waals surface area (Å²) < 4.78 is 64.2. The minimum absolute atomic E-state index is 0. The van der Waals surface area contributed by atoms with Crippen LogP contribution in [0.4, 0.5) is 0 Å². The third-order valence-corrected chi connectivity index (χ3v) is 33.4. The fourth-order valence-electron chi connectivity index (χ4n) is 27.6. The summed E-state index contributed by atoms with van der Waals surface area (Å²) in [5.74, 6) is 0.301. The van der Waals surface area contributed by atoms with Crippen LogP contribution in [0.25, 0.3) is 0 Å². The monoisotopic (exact) mass is 1680 g/mol. The molecule has 24 nitrogen and oxygen atoms in total. The molecular formula is C90H152BClN2NaO22. The molecule has 3 saturated heterocycles. The van der Waals surface area contributed by atoms with E-state index in [4.69, 9.17) is 59.1 Å². The minimum atomic E-state index is -1.29. The standard InChI is InChI=1S/C40H63NO7.C36H58O9.C4H8ClN.C4H6O4.C2H3BO2.C2H6.2CH4.Na/c1-23-20-26(34(36(5,6)44)46-24(2)42)47-32-31(23)37(7)16-17-40-22-39(40)15-14-29(48-30-21-41(18-19-45-30)25-10-9-11-25)35(3,4)27(39)12-13-28(40)38(37,8)33(32)43;1-20-17-22(29(32(5,6)39)43-21(2)37)44-27-26(20)33(7)15-16-36-18-35(36)14-13-25(45-30(41-10)42-19-40-9)31(3,4)23(35)11-12-24(36)34(33,8)28(27)38;5-6-4-2-1-3-4;1-3(5)7-8-4(2)6;1-2(4)5-3;1-2;;;/h23,25-32,34,44H,9-22H2,1-8H3;20,22-27,29-30,39H,11-19H2,1-10H3;4,6H,1-3H2;1-2H3;1H3;1-2H3;2*1H4;/q;;;;-1;;;;+1/t23-,26-,27+,28+,29+,30+,31+,32+,34+,37-,38-,39-,40?;20-,22-,23+,24+,25+,26+,27+,29+,30+,33-,34-,35-,36?;;;;;;;/m11......./s1. The third kappa shape index (κ3) is 18.2. The van der Waals surface area contributed by atoms with Crippen LogP contribution < -0.4 is 34.4 Å². The predicted octanol–water partition coefficient (Wildman–Crippen LogP) is 12.2. The largest absolute Gasteiger partial charge is 1.00 e. The van der Waals surface area contributed by atoms with Crippen molar-refractivity contribution in [2.75, 3.05) is 40.7 Å². The number of hydrogen-bond acceptors (Lipinski definition) is 24. The Labute approximate surface area is 730 Å². The Morgan fingerprint density at radius 3 is 1.33 bits per heavy atom. The number of ketones is 2. The van der Waals surface area contributed by atoms with Crippen molar-refractivity contribution in [3.05, 3.63) is 0 Å². The zero-order chi connectivity index (χ0) is 84.5. The molecule has 3 radical (unpaired) electrons. The first-order chi connectivity index (χ1) is 53.3. The van der Waals surface area contributed by atoms with E-state index in [2.05, 4.69) is 101 Å². The van der Waals surface area contributed by atoms with E-state index in [1.54, 1.807) is 41.9 Å². The van der Waals surface area contributed by atoms with Gasteiger partial charge >= 0.3 is 53.4 Å². The second-order valence-electron chi connectivity index (χ2n) is 40.3. The van der Waals surface area contributed by atoms with Crippen molar-refractivity contribution < 1.29 is 135 Å². The maximum Gasteiger partial charge on any atom is 1.00 e. The summed E-state index contributed by atoms with van der Waals surface area (Å²) in [5.41, 5.74) is -2.93. The van der Waals surface area contributed by atoms with Gasteiger partial charge in [0.2, 0.25) is 5.97 Å². The van der Waals surface area contributed by atoms with Crippen LogP contribution in [0.15, 0.2) is 0 Å². The summed E-state index contributed by atoms with van der Waals surface area (Å²) >= 11 is 5.25. The third-order valence-electron chi connectivity index (χ3n) is 33.1. The van der Waals surface area contributed by atoms with E-state index in [-0.39, 0.29) is 143 Å². The van der Waals surface area contributed by atoms with Crippen LogP contribution >= 0.6 is 11.8 Å².